The van der Waals surface area contributed by atoms with Gasteiger partial charge in [-0.2, -0.15) is 12.7 Å². The predicted molar refractivity (Wildman–Crippen MR) is 104 cm³/mol. The first-order valence-electron chi connectivity index (χ1n) is 7.32. The molecular formula is C16H16BrClFN3O3S. The first kappa shape index (κ1) is 20.6. The molecule has 1 amide bonds. The van der Waals surface area contributed by atoms with Gasteiger partial charge in [0.1, 0.15) is 12.4 Å². The molecule has 0 spiro atoms. The van der Waals surface area contributed by atoms with Crippen LogP contribution in [0.15, 0.2) is 46.9 Å². The van der Waals surface area contributed by atoms with Crippen LogP contribution in [0.2, 0.25) is 5.02 Å². The number of nitrogens with one attached hydrogen (secondary N) is 1. The lowest BCUT2D eigenvalue weighted by atomic mass is 10.3. The Hall–Kier alpha value is -1.68. The fourth-order valence-electron chi connectivity index (χ4n) is 2.05. The van der Waals surface area contributed by atoms with Crippen LogP contribution in [0.4, 0.5) is 15.8 Å². The van der Waals surface area contributed by atoms with Gasteiger partial charge in [-0.15, -0.1) is 0 Å². The van der Waals surface area contributed by atoms with E-state index in [1.807, 2.05) is 0 Å². The minimum Gasteiger partial charge on any atom is -0.324 e. The van der Waals surface area contributed by atoms with E-state index in [4.69, 9.17) is 11.6 Å². The number of amides is 1. The molecule has 0 atom stereocenters. The van der Waals surface area contributed by atoms with E-state index in [2.05, 4.69) is 21.2 Å². The van der Waals surface area contributed by atoms with E-state index in [0.29, 0.717) is 19.5 Å². The van der Waals surface area contributed by atoms with Gasteiger partial charge in [-0.25, -0.2) is 8.70 Å². The molecule has 2 rings (SSSR count). The van der Waals surface area contributed by atoms with Crippen molar-refractivity contribution in [3.8, 4) is 0 Å². The Balaban J connectivity index is 2.31. The van der Waals surface area contributed by atoms with E-state index >= 15 is 0 Å². The number of rotatable bonds is 6. The van der Waals surface area contributed by atoms with Crippen LogP contribution >= 0.6 is 27.5 Å². The molecule has 6 nitrogen and oxygen atoms in total. The molecule has 2 aromatic carbocycles. The molecule has 10 heteroatoms. The van der Waals surface area contributed by atoms with Crippen LogP contribution in [0, 0.1) is 5.82 Å². The van der Waals surface area contributed by atoms with Crippen molar-refractivity contribution in [2.75, 3.05) is 30.3 Å². The van der Waals surface area contributed by atoms with E-state index in [0.717, 1.165) is 10.4 Å². The minimum atomic E-state index is -4.08. The number of benzene rings is 2. The molecule has 2 aromatic rings. The first-order chi connectivity index (χ1) is 12.1. The van der Waals surface area contributed by atoms with E-state index in [1.165, 1.54) is 38.4 Å². The molecule has 0 aromatic heterocycles. The van der Waals surface area contributed by atoms with Gasteiger partial charge in [-0.3, -0.25) is 4.79 Å². The summed E-state index contributed by atoms with van der Waals surface area (Å²) >= 11 is 9.21. The highest BCUT2D eigenvalue weighted by atomic mass is 79.9. The zero-order valence-electron chi connectivity index (χ0n) is 13.9. The SMILES string of the molecule is CN(C)S(=O)(=O)N(CC(=O)Nc1ccc(Br)c(Cl)c1)c1ccccc1F. The van der Waals surface area contributed by atoms with Gasteiger partial charge in [0.15, 0.2) is 0 Å². The van der Waals surface area contributed by atoms with E-state index < -0.39 is 28.5 Å². The average Bonchev–Trinajstić information content (AvgIpc) is 2.56. The Morgan fingerprint density at radius 3 is 2.46 bits per heavy atom. The summed E-state index contributed by atoms with van der Waals surface area (Å²) in [6.07, 6.45) is 0. The van der Waals surface area contributed by atoms with Gasteiger partial charge in [0.25, 0.3) is 0 Å². The van der Waals surface area contributed by atoms with Crippen LogP contribution in [0.5, 0.6) is 0 Å². The van der Waals surface area contributed by atoms with E-state index in [-0.39, 0.29) is 5.69 Å². The second-order valence-electron chi connectivity index (χ2n) is 5.43. The van der Waals surface area contributed by atoms with Gasteiger partial charge < -0.3 is 5.32 Å². The third kappa shape index (κ3) is 4.73. The fourth-order valence-corrected chi connectivity index (χ4v) is 3.55. The quantitative estimate of drug-likeness (QED) is 0.711. The summed E-state index contributed by atoms with van der Waals surface area (Å²) < 4.78 is 41.5. The monoisotopic (exact) mass is 463 g/mol. The number of para-hydroxylation sites is 1. The Kier molecular flexibility index (Phi) is 6.62. The van der Waals surface area contributed by atoms with Crippen molar-refractivity contribution in [3.63, 3.8) is 0 Å². The molecule has 0 aliphatic carbocycles. The molecule has 0 unspecified atom stereocenters. The average molecular weight is 465 g/mol. The maximum atomic E-state index is 14.1. The molecule has 0 saturated carbocycles. The largest absolute Gasteiger partial charge is 0.324 e. The zero-order valence-corrected chi connectivity index (χ0v) is 17.1. The fraction of sp³-hybridized carbons (Fsp3) is 0.188. The Morgan fingerprint density at radius 1 is 1.23 bits per heavy atom. The van der Waals surface area contributed by atoms with Gasteiger partial charge in [-0.1, -0.05) is 23.7 Å². The van der Waals surface area contributed by atoms with Gasteiger partial charge in [-0.05, 0) is 46.3 Å². The molecule has 0 heterocycles. The summed E-state index contributed by atoms with van der Waals surface area (Å²) in [5, 5.41) is 2.93. The number of halogens is 3. The molecule has 1 N–H and O–H groups in total. The van der Waals surface area contributed by atoms with Crippen LogP contribution in [0.25, 0.3) is 0 Å². The lowest BCUT2D eigenvalue weighted by Gasteiger charge is -2.27. The molecule has 140 valence electrons. The summed E-state index contributed by atoms with van der Waals surface area (Å²) in [6, 6.07) is 10.1. The van der Waals surface area contributed by atoms with Crippen molar-refractivity contribution < 1.29 is 17.6 Å². The highest BCUT2D eigenvalue weighted by Gasteiger charge is 2.29. The summed E-state index contributed by atoms with van der Waals surface area (Å²) in [4.78, 5) is 12.4. The number of carbonyl (C=O) groups excluding carboxylic acids is 1. The highest BCUT2D eigenvalue weighted by molar-refractivity contribution is 9.10. The maximum Gasteiger partial charge on any atom is 0.304 e. The van der Waals surface area contributed by atoms with Crippen molar-refractivity contribution >= 4 is 55.0 Å². The molecule has 0 radical (unpaired) electrons. The minimum absolute atomic E-state index is 0.217. The molecule has 0 fully saturated rings. The lowest BCUT2D eigenvalue weighted by Crippen LogP contribution is -2.44. The van der Waals surface area contributed by atoms with Crippen molar-refractivity contribution in [2.24, 2.45) is 0 Å². The lowest BCUT2D eigenvalue weighted by molar-refractivity contribution is -0.114. The summed E-state index contributed by atoms with van der Waals surface area (Å²) in [5.41, 5.74) is 0.170. The van der Waals surface area contributed by atoms with Crippen LogP contribution in [-0.4, -0.2) is 39.3 Å². The topological polar surface area (TPSA) is 69.7 Å². The predicted octanol–water partition coefficient (Wildman–Crippen LogP) is 3.49. The second kappa shape index (κ2) is 8.34. The Morgan fingerprint density at radius 2 is 1.88 bits per heavy atom. The van der Waals surface area contributed by atoms with Crippen molar-refractivity contribution in [1.29, 1.82) is 0 Å². The number of carbonyl (C=O) groups is 1. The summed E-state index contributed by atoms with van der Waals surface area (Å²) in [7, 11) is -1.48. The third-order valence-electron chi connectivity index (χ3n) is 3.35. The number of hydrogen-bond donors (Lipinski definition) is 1. The van der Waals surface area contributed by atoms with Crippen molar-refractivity contribution in [1.82, 2.24) is 4.31 Å². The summed E-state index contributed by atoms with van der Waals surface area (Å²) in [6.45, 7) is -0.602. The molecule has 0 saturated heterocycles. The second-order valence-corrected chi connectivity index (χ2v) is 8.75. The smallest absolute Gasteiger partial charge is 0.304 e. The van der Waals surface area contributed by atoms with Crippen LogP contribution in [0.1, 0.15) is 0 Å². The number of nitrogens with zero attached hydrogens (tertiary/aromatic N) is 2. The van der Waals surface area contributed by atoms with Crippen molar-refractivity contribution in [2.45, 2.75) is 0 Å². The Labute approximate surface area is 164 Å². The number of hydrogen-bond acceptors (Lipinski definition) is 3. The van der Waals surface area contributed by atoms with Gasteiger partial charge in [0, 0.05) is 24.3 Å². The molecular weight excluding hydrogens is 449 g/mol. The molecule has 0 bridgehead atoms. The third-order valence-corrected chi connectivity index (χ3v) is 6.39. The van der Waals surface area contributed by atoms with Gasteiger partial charge >= 0.3 is 10.2 Å². The van der Waals surface area contributed by atoms with Crippen LogP contribution < -0.4 is 9.62 Å². The maximum absolute atomic E-state index is 14.1. The Bertz CT molecular complexity index is 925. The normalized spacial score (nSPS) is 11.5. The first-order valence-corrected chi connectivity index (χ1v) is 9.89. The summed E-state index contributed by atoms with van der Waals surface area (Å²) in [5.74, 6) is -1.39. The standard InChI is InChI=1S/C16H16BrClFN3O3S/c1-21(2)26(24,25)22(15-6-4-3-5-14(15)19)10-16(23)20-11-7-8-12(17)13(18)9-11/h3-9H,10H2,1-2H3,(H,20,23). The number of anilines is 2. The van der Waals surface area contributed by atoms with E-state index in [1.54, 1.807) is 12.1 Å². The highest BCUT2D eigenvalue weighted by Crippen LogP contribution is 2.26. The molecule has 26 heavy (non-hydrogen) atoms. The van der Waals surface area contributed by atoms with Crippen LogP contribution in [-0.2, 0) is 15.0 Å². The van der Waals surface area contributed by atoms with Gasteiger partial charge in [0.05, 0.1) is 10.7 Å². The zero-order chi connectivity index (χ0) is 19.5. The van der Waals surface area contributed by atoms with E-state index in [9.17, 15) is 17.6 Å². The van der Waals surface area contributed by atoms with Crippen LogP contribution in [0.3, 0.4) is 0 Å². The van der Waals surface area contributed by atoms with Crippen molar-refractivity contribution in [3.05, 3.63) is 57.8 Å². The van der Waals surface area contributed by atoms with Gasteiger partial charge in [0.2, 0.25) is 5.91 Å². The molecule has 0 aliphatic heterocycles. The molecule has 0 aliphatic rings.